The van der Waals surface area contributed by atoms with Gasteiger partial charge in [0, 0.05) is 18.3 Å². The summed E-state index contributed by atoms with van der Waals surface area (Å²) >= 11 is 0. The first kappa shape index (κ1) is 10.8. The van der Waals surface area contributed by atoms with E-state index in [0.29, 0.717) is 29.8 Å². The second-order valence-electron chi connectivity index (χ2n) is 3.88. The van der Waals surface area contributed by atoms with Crippen LogP contribution in [0.4, 0.5) is 5.69 Å². The second-order valence-corrected chi connectivity index (χ2v) is 3.88. The van der Waals surface area contributed by atoms with E-state index in [1.807, 2.05) is 0 Å². The third kappa shape index (κ3) is 1.94. The molecule has 0 bridgehead atoms. The fraction of sp³-hybridized carbons (Fsp3) is 0.364. The number of nitrogen functional groups attached to an aromatic ring is 1. The second kappa shape index (κ2) is 4.02. The molecule has 1 unspecified atom stereocenters. The van der Waals surface area contributed by atoms with Crippen molar-refractivity contribution in [1.29, 1.82) is 0 Å². The average molecular weight is 222 g/mol. The average Bonchev–Trinajstić information content (AvgIpc) is 2.50. The molecule has 0 amide bonds. The molecular formula is C11H14N2O3. The van der Waals surface area contributed by atoms with Gasteiger partial charge in [-0.1, -0.05) is 0 Å². The predicted molar refractivity (Wildman–Crippen MR) is 61.2 cm³/mol. The molecule has 3 N–H and O–H groups in total. The van der Waals surface area contributed by atoms with Crippen LogP contribution in [0.25, 0.3) is 11.1 Å². The van der Waals surface area contributed by atoms with Crippen LogP contribution in [-0.2, 0) is 6.54 Å². The minimum absolute atomic E-state index is 0.416. The molecule has 2 aromatic rings. The maximum Gasteiger partial charge on any atom is 0.419 e. The number of anilines is 1. The van der Waals surface area contributed by atoms with Crippen molar-refractivity contribution in [3.05, 3.63) is 28.7 Å². The molecule has 1 aromatic carbocycles. The number of aliphatic hydroxyl groups excluding tert-OH is 1. The number of benzene rings is 1. The molecule has 0 aliphatic heterocycles. The smallest absolute Gasteiger partial charge is 0.408 e. The van der Waals surface area contributed by atoms with Crippen molar-refractivity contribution in [1.82, 2.24) is 4.57 Å². The standard InChI is InChI=1S/C11H14N2O3/c1-7(14)4-5-13-9-3-2-8(12)6-10(9)16-11(13)15/h2-3,6-7,14H,4-5,12H2,1H3. The maximum absolute atomic E-state index is 11.5. The van der Waals surface area contributed by atoms with E-state index in [4.69, 9.17) is 10.2 Å². The van der Waals surface area contributed by atoms with Gasteiger partial charge >= 0.3 is 5.76 Å². The molecule has 1 heterocycles. The molecule has 16 heavy (non-hydrogen) atoms. The molecule has 0 saturated carbocycles. The Kier molecular flexibility index (Phi) is 2.70. The van der Waals surface area contributed by atoms with Crippen molar-refractivity contribution in [3.8, 4) is 0 Å². The Balaban J connectivity index is 2.44. The lowest BCUT2D eigenvalue weighted by atomic mass is 10.2. The summed E-state index contributed by atoms with van der Waals surface area (Å²) in [6.07, 6.45) is 0.0736. The van der Waals surface area contributed by atoms with E-state index < -0.39 is 11.9 Å². The summed E-state index contributed by atoms with van der Waals surface area (Å²) in [7, 11) is 0. The van der Waals surface area contributed by atoms with Gasteiger partial charge in [-0.15, -0.1) is 0 Å². The van der Waals surface area contributed by atoms with Crippen LogP contribution in [0.15, 0.2) is 27.4 Å². The van der Waals surface area contributed by atoms with Crippen molar-refractivity contribution in [2.75, 3.05) is 5.73 Å². The van der Waals surface area contributed by atoms with Gasteiger partial charge in [0.25, 0.3) is 0 Å². The molecule has 0 aliphatic rings. The third-order valence-corrected chi connectivity index (χ3v) is 2.46. The molecule has 86 valence electrons. The summed E-state index contributed by atoms with van der Waals surface area (Å²) in [5.74, 6) is -0.416. The highest BCUT2D eigenvalue weighted by molar-refractivity contribution is 5.76. The van der Waals surface area contributed by atoms with Gasteiger partial charge in [0.05, 0.1) is 11.6 Å². The van der Waals surface area contributed by atoms with Gasteiger partial charge in [-0.05, 0) is 25.5 Å². The summed E-state index contributed by atoms with van der Waals surface area (Å²) in [5.41, 5.74) is 7.34. The van der Waals surface area contributed by atoms with Crippen molar-refractivity contribution >= 4 is 16.8 Å². The van der Waals surface area contributed by atoms with Crippen molar-refractivity contribution in [3.63, 3.8) is 0 Å². The van der Waals surface area contributed by atoms with E-state index in [1.54, 1.807) is 25.1 Å². The zero-order chi connectivity index (χ0) is 11.7. The summed E-state index contributed by atoms with van der Waals surface area (Å²) in [6, 6.07) is 5.09. The summed E-state index contributed by atoms with van der Waals surface area (Å²) in [6.45, 7) is 2.12. The minimum atomic E-state index is -0.439. The Labute approximate surface area is 92.1 Å². The van der Waals surface area contributed by atoms with E-state index >= 15 is 0 Å². The molecule has 0 saturated heterocycles. The van der Waals surface area contributed by atoms with E-state index in [2.05, 4.69) is 0 Å². The molecule has 5 heteroatoms. The summed E-state index contributed by atoms with van der Waals surface area (Å²) in [4.78, 5) is 11.5. The van der Waals surface area contributed by atoms with Crippen LogP contribution in [0.1, 0.15) is 13.3 Å². The van der Waals surface area contributed by atoms with Gasteiger partial charge in [0.2, 0.25) is 0 Å². The van der Waals surface area contributed by atoms with Crippen LogP contribution in [0.2, 0.25) is 0 Å². The van der Waals surface area contributed by atoms with Gasteiger partial charge in [-0.3, -0.25) is 4.57 Å². The summed E-state index contributed by atoms with van der Waals surface area (Å²) in [5, 5.41) is 9.19. The molecule has 0 fully saturated rings. The Hall–Kier alpha value is -1.75. The number of aliphatic hydroxyl groups is 1. The van der Waals surface area contributed by atoms with Crippen LogP contribution in [0.3, 0.4) is 0 Å². The Morgan fingerprint density at radius 3 is 3.00 bits per heavy atom. The molecule has 0 radical (unpaired) electrons. The number of aryl methyl sites for hydroxylation is 1. The monoisotopic (exact) mass is 222 g/mol. The van der Waals surface area contributed by atoms with Crippen molar-refractivity contribution in [2.45, 2.75) is 26.0 Å². The molecule has 0 spiro atoms. The van der Waals surface area contributed by atoms with Crippen molar-refractivity contribution < 1.29 is 9.52 Å². The predicted octanol–water partition coefficient (Wildman–Crippen LogP) is 0.948. The Morgan fingerprint density at radius 2 is 2.31 bits per heavy atom. The summed E-state index contributed by atoms with van der Waals surface area (Å²) < 4.78 is 6.56. The number of aromatic nitrogens is 1. The van der Waals surface area contributed by atoms with E-state index in [9.17, 15) is 9.90 Å². The lowest BCUT2D eigenvalue weighted by molar-refractivity contribution is 0.177. The van der Waals surface area contributed by atoms with Crippen molar-refractivity contribution in [2.24, 2.45) is 0 Å². The maximum atomic E-state index is 11.5. The number of fused-ring (bicyclic) bond motifs is 1. The lowest BCUT2D eigenvalue weighted by Gasteiger charge is -2.04. The highest BCUT2D eigenvalue weighted by atomic mass is 16.4. The fourth-order valence-electron chi connectivity index (χ4n) is 1.61. The quantitative estimate of drug-likeness (QED) is 0.757. The normalized spacial score (nSPS) is 13.1. The number of rotatable bonds is 3. The number of oxazole rings is 1. The number of nitrogens with zero attached hydrogens (tertiary/aromatic N) is 1. The van der Waals surface area contributed by atoms with Crippen LogP contribution >= 0.6 is 0 Å². The van der Waals surface area contributed by atoms with Crippen LogP contribution in [0, 0.1) is 0 Å². The van der Waals surface area contributed by atoms with Gasteiger partial charge in [0.1, 0.15) is 0 Å². The SMILES string of the molecule is CC(O)CCn1c(=O)oc2cc(N)ccc21. The first-order valence-electron chi connectivity index (χ1n) is 5.15. The van der Waals surface area contributed by atoms with Gasteiger partial charge < -0.3 is 15.3 Å². The Morgan fingerprint density at radius 1 is 1.56 bits per heavy atom. The molecule has 1 aromatic heterocycles. The zero-order valence-corrected chi connectivity index (χ0v) is 9.01. The topological polar surface area (TPSA) is 81.4 Å². The number of nitrogens with two attached hydrogens (primary N) is 1. The molecule has 2 rings (SSSR count). The van der Waals surface area contributed by atoms with Crippen LogP contribution in [-0.4, -0.2) is 15.8 Å². The largest absolute Gasteiger partial charge is 0.419 e. The highest BCUT2D eigenvalue weighted by Crippen LogP contribution is 2.16. The molecular weight excluding hydrogens is 208 g/mol. The van der Waals surface area contributed by atoms with Crippen LogP contribution in [0.5, 0.6) is 0 Å². The first-order valence-corrected chi connectivity index (χ1v) is 5.15. The zero-order valence-electron chi connectivity index (χ0n) is 9.01. The van der Waals surface area contributed by atoms with E-state index in [0.717, 1.165) is 0 Å². The highest BCUT2D eigenvalue weighted by Gasteiger charge is 2.09. The lowest BCUT2D eigenvalue weighted by Crippen LogP contribution is -2.17. The van der Waals surface area contributed by atoms with Gasteiger partial charge in [0.15, 0.2) is 5.58 Å². The Bertz CT molecular complexity index is 554. The number of hydrogen-bond donors (Lipinski definition) is 2. The first-order chi connectivity index (χ1) is 7.58. The molecule has 5 nitrogen and oxygen atoms in total. The van der Waals surface area contributed by atoms with E-state index in [-0.39, 0.29) is 0 Å². The van der Waals surface area contributed by atoms with Gasteiger partial charge in [-0.25, -0.2) is 4.79 Å². The molecule has 1 atom stereocenters. The van der Waals surface area contributed by atoms with E-state index in [1.165, 1.54) is 4.57 Å². The minimum Gasteiger partial charge on any atom is -0.408 e. The van der Waals surface area contributed by atoms with Crippen LogP contribution < -0.4 is 11.5 Å². The number of hydrogen-bond acceptors (Lipinski definition) is 4. The third-order valence-electron chi connectivity index (χ3n) is 2.46. The fourth-order valence-corrected chi connectivity index (χ4v) is 1.61. The molecule has 0 aliphatic carbocycles. The van der Waals surface area contributed by atoms with Gasteiger partial charge in [-0.2, -0.15) is 0 Å².